The number of amides is 1. The van der Waals surface area contributed by atoms with E-state index in [9.17, 15) is 4.79 Å². The molecule has 1 aromatic carbocycles. The number of benzene rings is 1. The number of nitrogens with zero attached hydrogens (tertiary/aromatic N) is 1. The molecule has 0 aromatic heterocycles. The predicted molar refractivity (Wildman–Crippen MR) is 101 cm³/mol. The topological polar surface area (TPSA) is 44.4 Å². The van der Waals surface area contributed by atoms with Gasteiger partial charge in [-0.25, -0.2) is 0 Å². The zero-order valence-electron chi connectivity index (χ0n) is 14.5. The summed E-state index contributed by atoms with van der Waals surface area (Å²) in [6.07, 6.45) is 6.52. The van der Waals surface area contributed by atoms with Crippen LogP contribution in [0, 0.1) is 0 Å². The first kappa shape index (κ1) is 19.2. The number of rotatable bonds is 6. The Hall–Kier alpha value is -1.10. The lowest BCUT2D eigenvalue weighted by atomic mass is 9.90. The number of nitrogens with one attached hydrogen (secondary N) is 2. The van der Waals surface area contributed by atoms with Gasteiger partial charge >= 0.3 is 0 Å². The highest BCUT2D eigenvalue weighted by molar-refractivity contribution is 5.85. The third-order valence-corrected chi connectivity index (χ3v) is 4.96. The molecule has 5 heteroatoms. The SMILES string of the molecule is Cl.O=C(Cc1ccc2c(c1)CCCC2)NCCCN1CCNCC1. The van der Waals surface area contributed by atoms with Gasteiger partial charge in [-0.05, 0) is 55.3 Å². The van der Waals surface area contributed by atoms with Gasteiger partial charge in [0.1, 0.15) is 0 Å². The zero-order chi connectivity index (χ0) is 15.9. The van der Waals surface area contributed by atoms with Crippen LogP contribution in [-0.2, 0) is 24.1 Å². The minimum absolute atomic E-state index is 0. The van der Waals surface area contributed by atoms with Crippen LogP contribution in [0.2, 0.25) is 0 Å². The summed E-state index contributed by atoms with van der Waals surface area (Å²) in [5.41, 5.74) is 4.10. The second-order valence-electron chi connectivity index (χ2n) is 6.78. The molecule has 4 nitrogen and oxygen atoms in total. The molecule has 2 aliphatic rings. The monoisotopic (exact) mass is 351 g/mol. The molecule has 1 heterocycles. The molecule has 0 unspecified atom stereocenters. The van der Waals surface area contributed by atoms with Crippen molar-refractivity contribution in [1.82, 2.24) is 15.5 Å². The molecule has 1 aliphatic heterocycles. The van der Waals surface area contributed by atoms with Crippen LogP contribution in [0.1, 0.15) is 36.0 Å². The predicted octanol–water partition coefficient (Wildman–Crippen LogP) is 1.94. The first-order chi connectivity index (χ1) is 11.3. The molecule has 2 N–H and O–H groups in total. The minimum Gasteiger partial charge on any atom is -0.356 e. The lowest BCUT2D eigenvalue weighted by molar-refractivity contribution is -0.120. The van der Waals surface area contributed by atoms with Crippen LogP contribution in [-0.4, -0.2) is 50.1 Å². The first-order valence-electron chi connectivity index (χ1n) is 9.12. The van der Waals surface area contributed by atoms with E-state index in [-0.39, 0.29) is 18.3 Å². The maximum Gasteiger partial charge on any atom is 0.224 e. The number of carbonyl (C=O) groups excluding carboxylic acids is 1. The van der Waals surface area contributed by atoms with Crippen molar-refractivity contribution in [3.63, 3.8) is 0 Å². The Balaban J connectivity index is 0.00000208. The highest BCUT2D eigenvalue weighted by atomic mass is 35.5. The van der Waals surface area contributed by atoms with E-state index in [0.29, 0.717) is 6.42 Å². The number of piperazine rings is 1. The average Bonchev–Trinajstić information content (AvgIpc) is 2.59. The van der Waals surface area contributed by atoms with Crippen molar-refractivity contribution in [2.75, 3.05) is 39.3 Å². The van der Waals surface area contributed by atoms with E-state index < -0.39 is 0 Å². The number of hydrogen-bond acceptors (Lipinski definition) is 3. The van der Waals surface area contributed by atoms with Gasteiger partial charge < -0.3 is 15.5 Å². The van der Waals surface area contributed by atoms with Gasteiger partial charge in [-0.3, -0.25) is 4.79 Å². The Morgan fingerprint density at radius 1 is 1.12 bits per heavy atom. The van der Waals surface area contributed by atoms with Crippen LogP contribution in [0.3, 0.4) is 0 Å². The Labute approximate surface area is 151 Å². The summed E-state index contributed by atoms with van der Waals surface area (Å²) in [5, 5.41) is 6.43. The van der Waals surface area contributed by atoms with Crippen LogP contribution in [0.4, 0.5) is 0 Å². The van der Waals surface area contributed by atoms with Crippen LogP contribution in [0.5, 0.6) is 0 Å². The van der Waals surface area contributed by atoms with Gasteiger partial charge in [0.05, 0.1) is 6.42 Å². The first-order valence-corrected chi connectivity index (χ1v) is 9.12. The van der Waals surface area contributed by atoms with Crippen LogP contribution < -0.4 is 10.6 Å². The molecular weight excluding hydrogens is 322 g/mol. The fourth-order valence-electron chi connectivity index (χ4n) is 3.61. The molecule has 1 aliphatic carbocycles. The van der Waals surface area contributed by atoms with Gasteiger partial charge in [0.2, 0.25) is 5.91 Å². The van der Waals surface area contributed by atoms with Crippen molar-refractivity contribution in [3.8, 4) is 0 Å². The number of halogens is 1. The maximum atomic E-state index is 12.1. The third kappa shape index (κ3) is 5.76. The molecule has 134 valence electrons. The molecule has 0 bridgehead atoms. The number of carbonyl (C=O) groups is 1. The number of fused-ring (bicyclic) bond motifs is 1. The Morgan fingerprint density at radius 3 is 2.67 bits per heavy atom. The Bertz CT molecular complexity index is 529. The van der Waals surface area contributed by atoms with E-state index >= 15 is 0 Å². The standard InChI is InChI=1S/C19H29N3O.ClH/c23-19(21-8-3-11-22-12-9-20-10-13-22)15-16-6-7-17-4-1-2-5-18(17)14-16;/h6-7,14,20H,1-5,8-13,15H2,(H,21,23);1H. The van der Waals surface area contributed by atoms with Crippen molar-refractivity contribution >= 4 is 18.3 Å². The largest absolute Gasteiger partial charge is 0.356 e. The maximum absolute atomic E-state index is 12.1. The lowest BCUT2D eigenvalue weighted by Crippen LogP contribution is -2.44. The fraction of sp³-hybridized carbons (Fsp3) is 0.632. The molecule has 0 saturated carbocycles. The van der Waals surface area contributed by atoms with E-state index in [2.05, 4.69) is 33.7 Å². The number of aryl methyl sites for hydroxylation is 2. The molecule has 1 aromatic rings. The van der Waals surface area contributed by atoms with Crippen molar-refractivity contribution in [2.24, 2.45) is 0 Å². The number of hydrogen-bond donors (Lipinski definition) is 2. The summed E-state index contributed by atoms with van der Waals surface area (Å²) >= 11 is 0. The molecular formula is C19H30ClN3O. The van der Waals surface area contributed by atoms with E-state index in [1.165, 1.54) is 36.8 Å². The van der Waals surface area contributed by atoms with Crippen molar-refractivity contribution in [1.29, 1.82) is 0 Å². The summed E-state index contributed by atoms with van der Waals surface area (Å²) in [6.45, 7) is 6.30. The van der Waals surface area contributed by atoms with E-state index in [1.807, 2.05) is 0 Å². The van der Waals surface area contributed by atoms with Crippen molar-refractivity contribution < 1.29 is 4.79 Å². The molecule has 1 fully saturated rings. The van der Waals surface area contributed by atoms with Gasteiger partial charge in [-0.2, -0.15) is 0 Å². The summed E-state index contributed by atoms with van der Waals surface area (Å²) in [5.74, 6) is 0.154. The molecule has 0 spiro atoms. The third-order valence-electron chi connectivity index (χ3n) is 4.96. The van der Waals surface area contributed by atoms with Crippen molar-refractivity contribution in [2.45, 2.75) is 38.5 Å². The highest BCUT2D eigenvalue weighted by Gasteiger charge is 2.11. The minimum atomic E-state index is 0. The smallest absolute Gasteiger partial charge is 0.224 e. The van der Waals surface area contributed by atoms with Gasteiger partial charge in [-0.1, -0.05) is 18.2 Å². The molecule has 0 radical (unpaired) electrons. The van der Waals surface area contributed by atoms with Crippen LogP contribution in [0.25, 0.3) is 0 Å². The summed E-state index contributed by atoms with van der Waals surface area (Å²) in [7, 11) is 0. The Morgan fingerprint density at radius 2 is 1.88 bits per heavy atom. The van der Waals surface area contributed by atoms with Crippen LogP contribution >= 0.6 is 12.4 Å². The van der Waals surface area contributed by atoms with Gasteiger partial charge in [0.15, 0.2) is 0 Å². The summed E-state index contributed by atoms with van der Waals surface area (Å²) in [4.78, 5) is 14.6. The van der Waals surface area contributed by atoms with Crippen LogP contribution in [0.15, 0.2) is 18.2 Å². The second kappa shape index (κ2) is 10.0. The highest BCUT2D eigenvalue weighted by Crippen LogP contribution is 2.22. The van der Waals surface area contributed by atoms with Gasteiger partial charge in [0.25, 0.3) is 0 Å². The van der Waals surface area contributed by atoms with Crippen molar-refractivity contribution in [3.05, 3.63) is 34.9 Å². The molecule has 24 heavy (non-hydrogen) atoms. The lowest BCUT2D eigenvalue weighted by Gasteiger charge is -2.27. The molecule has 1 amide bonds. The molecule has 1 saturated heterocycles. The van der Waals surface area contributed by atoms with E-state index in [0.717, 1.165) is 51.3 Å². The quantitative estimate of drug-likeness (QED) is 0.770. The van der Waals surface area contributed by atoms with Gasteiger partial charge in [-0.15, -0.1) is 12.4 Å². The van der Waals surface area contributed by atoms with Gasteiger partial charge in [0, 0.05) is 32.7 Å². The average molecular weight is 352 g/mol. The summed E-state index contributed by atoms with van der Waals surface area (Å²) < 4.78 is 0. The van der Waals surface area contributed by atoms with E-state index in [4.69, 9.17) is 0 Å². The molecule has 0 atom stereocenters. The molecule has 3 rings (SSSR count). The fourth-order valence-corrected chi connectivity index (χ4v) is 3.61. The normalized spacial score (nSPS) is 17.7. The van der Waals surface area contributed by atoms with E-state index in [1.54, 1.807) is 0 Å². The zero-order valence-corrected chi connectivity index (χ0v) is 15.3. The Kier molecular flexibility index (Phi) is 8.03. The second-order valence-corrected chi connectivity index (χ2v) is 6.78. The summed E-state index contributed by atoms with van der Waals surface area (Å²) in [6, 6.07) is 6.60.